The lowest BCUT2D eigenvalue weighted by Gasteiger charge is -2.11. The van der Waals surface area contributed by atoms with Gasteiger partial charge in [-0.15, -0.1) is 0 Å². The van der Waals surface area contributed by atoms with Crippen LogP contribution in [-0.4, -0.2) is 10.1 Å². The van der Waals surface area contributed by atoms with Crippen molar-refractivity contribution in [3.05, 3.63) is 62.3 Å². The summed E-state index contributed by atoms with van der Waals surface area (Å²) in [5, 5.41) is 12.7. The summed E-state index contributed by atoms with van der Waals surface area (Å²) < 4.78 is 15.2. The molecule has 0 saturated carbocycles. The Morgan fingerprint density at radius 1 is 1.15 bits per heavy atom. The third-order valence-corrected chi connectivity index (χ3v) is 4.01. The van der Waals surface area contributed by atoms with E-state index in [0.29, 0.717) is 20.6 Å². The number of rotatable bonds is 3. The zero-order valence-corrected chi connectivity index (χ0v) is 14.1. The van der Waals surface area contributed by atoms with Gasteiger partial charge in [0, 0.05) is 21.1 Å². The summed E-state index contributed by atoms with van der Waals surface area (Å²) >= 11 is 11.7. The Balaban J connectivity index is 2.10. The van der Waals surface area contributed by atoms with E-state index in [2.05, 4.69) is 37.2 Å². The van der Waals surface area contributed by atoms with Crippen molar-refractivity contribution >= 4 is 49.1 Å². The molecule has 2 rings (SSSR count). The van der Waals surface area contributed by atoms with Gasteiger partial charge >= 0.3 is 0 Å². The number of thiocarbonyl (C=S) groups is 1. The maximum atomic E-state index is 13.7. The zero-order chi connectivity index (χ0) is 14.7. The molecule has 0 aliphatic heterocycles. The summed E-state index contributed by atoms with van der Waals surface area (Å²) in [5.41, 5.74) is 1.01. The smallest absolute Gasteiger partial charge is 0.129 e. The van der Waals surface area contributed by atoms with Gasteiger partial charge < -0.3 is 10.4 Å². The lowest BCUT2D eigenvalue weighted by molar-refractivity contribution is 0.474. The number of benzene rings is 2. The number of hydrogen-bond donors (Lipinski definition) is 2. The quantitative estimate of drug-likeness (QED) is 0.718. The largest absolute Gasteiger partial charge is 0.507 e. The Hall–Kier alpha value is -0.980. The van der Waals surface area contributed by atoms with Crippen molar-refractivity contribution in [2.75, 3.05) is 0 Å². The van der Waals surface area contributed by atoms with E-state index < -0.39 is 0 Å². The fraction of sp³-hybridized carbons (Fsp3) is 0.0714. The minimum absolute atomic E-state index is 0.0852. The highest BCUT2D eigenvalue weighted by Gasteiger charge is 2.09. The maximum absolute atomic E-state index is 13.7. The van der Waals surface area contributed by atoms with Gasteiger partial charge in [0.25, 0.3) is 0 Å². The topological polar surface area (TPSA) is 32.3 Å². The molecule has 0 amide bonds. The van der Waals surface area contributed by atoms with Crippen LogP contribution >= 0.6 is 44.1 Å². The summed E-state index contributed by atoms with van der Waals surface area (Å²) in [6.45, 7) is 0.254. The SMILES string of the molecule is Oc1ccc(Br)cc1C(=S)NCc1ccc(Br)cc1F. The molecule has 0 radical (unpaired) electrons. The molecule has 0 aliphatic rings. The number of phenols is 1. The first kappa shape index (κ1) is 15.4. The molecular weight excluding hydrogens is 409 g/mol. The van der Waals surface area contributed by atoms with Crippen LogP contribution in [0.1, 0.15) is 11.1 Å². The van der Waals surface area contributed by atoms with Crippen molar-refractivity contribution in [1.29, 1.82) is 0 Å². The van der Waals surface area contributed by atoms with Gasteiger partial charge in [-0.1, -0.05) is 50.1 Å². The fourth-order valence-corrected chi connectivity index (χ4v) is 2.56. The molecule has 2 aromatic carbocycles. The summed E-state index contributed by atoms with van der Waals surface area (Å²) in [5.74, 6) is -0.227. The molecular formula is C14H10Br2FNOS. The molecule has 6 heteroatoms. The second-order valence-corrected chi connectivity index (χ2v) is 6.32. The highest BCUT2D eigenvalue weighted by molar-refractivity contribution is 9.10. The van der Waals surface area contributed by atoms with Gasteiger partial charge in [-0.2, -0.15) is 0 Å². The van der Waals surface area contributed by atoms with Crippen LogP contribution in [0.4, 0.5) is 4.39 Å². The van der Waals surface area contributed by atoms with Crippen molar-refractivity contribution in [2.24, 2.45) is 0 Å². The van der Waals surface area contributed by atoms with Gasteiger partial charge in [0.1, 0.15) is 16.6 Å². The highest BCUT2D eigenvalue weighted by atomic mass is 79.9. The predicted octanol–water partition coefficient (Wildman–Crippen LogP) is 4.52. The van der Waals surface area contributed by atoms with Crippen molar-refractivity contribution in [1.82, 2.24) is 5.32 Å². The second-order valence-electron chi connectivity index (χ2n) is 4.08. The minimum Gasteiger partial charge on any atom is -0.507 e. The van der Waals surface area contributed by atoms with Gasteiger partial charge in [-0.25, -0.2) is 4.39 Å². The molecule has 0 saturated heterocycles. The maximum Gasteiger partial charge on any atom is 0.129 e. The Morgan fingerprint density at radius 2 is 1.80 bits per heavy atom. The van der Waals surface area contributed by atoms with E-state index >= 15 is 0 Å². The standard InChI is InChI=1S/C14H10Br2FNOS/c15-9-3-4-13(19)11(5-9)14(20)18-7-8-1-2-10(16)6-12(8)17/h1-6,19H,7H2,(H,18,20). The number of hydrogen-bond acceptors (Lipinski definition) is 2. The first-order valence-electron chi connectivity index (χ1n) is 5.68. The van der Waals surface area contributed by atoms with Crippen LogP contribution in [-0.2, 0) is 6.54 Å². The average Bonchev–Trinajstić information content (AvgIpc) is 2.40. The summed E-state index contributed by atoms with van der Waals surface area (Å²) in [6.07, 6.45) is 0. The van der Waals surface area contributed by atoms with Gasteiger partial charge in [-0.05, 0) is 30.3 Å². The zero-order valence-electron chi connectivity index (χ0n) is 10.2. The van der Waals surface area contributed by atoms with Crippen LogP contribution in [0, 0.1) is 5.82 Å². The average molecular weight is 419 g/mol. The van der Waals surface area contributed by atoms with Crippen molar-refractivity contribution in [2.45, 2.75) is 6.54 Å². The molecule has 0 heterocycles. The molecule has 20 heavy (non-hydrogen) atoms. The molecule has 0 aromatic heterocycles. The molecule has 0 atom stereocenters. The molecule has 0 aliphatic carbocycles. The number of halogens is 3. The predicted molar refractivity (Wildman–Crippen MR) is 88.4 cm³/mol. The fourth-order valence-electron chi connectivity index (χ4n) is 1.63. The third-order valence-electron chi connectivity index (χ3n) is 2.66. The van der Waals surface area contributed by atoms with Crippen LogP contribution in [0.3, 0.4) is 0 Å². The Bertz CT molecular complexity index is 664. The van der Waals surface area contributed by atoms with Crippen LogP contribution in [0.2, 0.25) is 0 Å². The highest BCUT2D eigenvalue weighted by Crippen LogP contribution is 2.22. The van der Waals surface area contributed by atoms with E-state index in [1.807, 2.05) is 0 Å². The number of phenolic OH excluding ortho intramolecular Hbond substituents is 1. The van der Waals surface area contributed by atoms with E-state index in [1.54, 1.807) is 30.3 Å². The van der Waals surface area contributed by atoms with Gasteiger partial charge in [0.2, 0.25) is 0 Å². The first-order chi connectivity index (χ1) is 9.47. The Kier molecular flexibility index (Phi) is 5.12. The number of nitrogens with one attached hydrogen (secondary N) is 1. The monoisotopic (exact) mass is 417 g/mol. The first-order valence-corrected chi connectivity index (χ1v) is 7.67. The van der Waals surface area contributed by atoms with E-state index in [-0.39, 0.29) is 18.1 Å². The lowest BCUT2D eigenvalue weighted by atomic mass is 10.2. The van der Waals surface area contributed by atoms with Crippen molar-refractivity contribution in [3.8, 4) is 5.75 Å². The molecule has 104 valence electrons. The molecule has 2 aromatic rings. The lowest BCUT2D eigenvalue weighted by Crippen LogP contribution is -2.22. The van der Waals surface area contributed by atoms with E-state index in [0.717, 1.165) is 4.47 Å². The van der Waals surface area contributed by atoms with Crippen LogP contribution < -0.4 is 5.32 Å². The van der Waals surface area contributed by atoms with Gasteiger partial charge in [0.15, 0.2) is 0 Å². The third kappa shape index (κ3) is 3.77. The van der Waals surface area contributed by atoms with Crippen LogP contribution in [0.5, 0.6) is 5.75 Å². The van der Waals surface area contributed by atoms with Gasteiger partial charge in [-0.3, -0.25) is 0 Å². The molecule has 0 spiro atoms. The van der Waals surface area contributed by atoms with Crippen LogP contribution in [0.25, 0.3) is 0 Å². The Labute approximate surface area is 138 Å². The van der Waals surface area contributed by atoms with E-state index in [4.69, 9.17) is 12.2 Å². The Morgan fingerprint density at radius 3 is 2.50 bits per heavy atom. The molecule has 0 unspecified atom stereocenters. The van der Waals surface area contributed by atoms with Gasteiger partial charge in [0.05, 0.1) is 5.56 Å². The van der Waals surface area contributed by atoms with Crippen molar-refractivity contribution in [3.63, 3.8) is 0 Å². The second kappa shape index (κ2) is 6.65. The summed E-state index contributed by atoms with van der Waals surface area (Å²) in [4.78, 5) is 0.367. The summed E-state index contributed by atoms with van der Waals surface area (Å²) in [6, 6.07) is 9.82. The number of aromatic hydroxyl groups is 1. The summed E-state index contributed by atoms with van der Waals surface area (Å²) in [7, 11) is 0. The normalized spacial score (nSPS) is 10.3. The molecule has 0 bridgehead atoms. The minimum atomic E-state index is -0.312. The van der Waals surface area contributed by atoms with Crippen molar-refractivity contribution < 1.29 is 9.50 Å². The molecule has 2 nitrogen and oxygen atoms in total. The molecule has 2 N–H and O–H groups in total. The van der Waals surface area contributed by atoms with E-state index in [1.165, 1.54) is 6.07 Å². The molecule has 0 fully saturated rings. The van der Waals surface area contributed by atoms with E-state index in [9.17, 15) is 9.50 Å². The van der Waals surface area contributed by atoms with Crippen LogP contribution in [0.15, 0.2) is 45.3 Å².